The Morgan fingerprint density at radius 2 is 1.83 bits per heavy atom. The van der Waals surface area contributed by atoms with Crippen LogP contribution in [0.4, 0.5) is 0 Å². The quantitative estimate of drug-likeness (QED) is 0.579. The lowest BCUT2D eigenvalue weighted by Crippen LogP contribution is -2.30. The number of nitrogens with zero attached hydrogens (tertiary/aromatic N) is 1. The van der Waals surface area contributed by atoms with Gasteiger partial charge in [0, 0.05) is 24.7 Å². The number of ether oxygens (including phenoxy) is 2. The van der Waals surface area contributed by atoms with E-state index in [1.54, 1.807) is 18.2 Å². The summed E-state index contributed by atoms with van der Waals surface area (Å²) >= 11 is 0. The maximum absolute atomic E-state index is 12.5. The molecule has 1 heterocycles. The Morgan fingerprint density at radius 3 is 2.55 bits per heavy atom. The minimum atomic E-state index is -0.999. The van der Waals surface area contributed by atoms with Crippen LogP contribution in [0.25, 0.3) is 10.9 Å². The first kappa shape index (κ1) is 20.3. The highest BCUT2D eigenvalue weighted by molar-refractivity contribution is 5.81. The third kappa shape index (κ3) is 4.87. The Hall–Kier alpha value is -3.48. The summed E-state index contributed by atoms with van der Waals surface area (Å²) in [4.78, 5) is 23.9. The number of methoxy groups -OCH3 is 2. The van der Waals surface area contributed by atoms with Gasteiger partial charge in [-0.05, 0) is 35.2 Å². The Balaban J connectivity index is 1.71. The van der Waals surface area contributed by atoms with Crippen molar-refractivity contribution >= 4 is 22.8 Å². The van der Waals surface area contributed by atoms with E-state index in [-0.39, 0.29) is 18.7 Å². The van der Waals surface area contributed by atoms with Gasteiger partial charge in [-0.2, -0.15) is 0 Å². The van der Waals surface area contributed by atoms with E-state index in [9.17, 15) is 14.7 Å². The van der Waals surface area contributed by atoms with E-state index in [1.165, 1.54) is 14.2 Å². The highest BCUT2D eigenvalue weighted by Crippen LogP contribution is 2.31. The second-order valence-corrected chi connectivity index (χ2v) is 6.65. The number of aryl methyl sites for hydroxylation is 1. The number of fused-ring (bicyclic) bond motifs is 1. The molecule has 0 saturated heterocycles. The van der Waals surface area contributed by atoms with Crippen molar-refractivity contribution in [2.24, 2.45) is 0 Å². The van der Waals surface area contributed by atoms with E-state index >= 15 is 0 Å². The monoisotopic (exact) mass is 396 g/mol. The number of carbonyl (C=O) groups excluding carboxylic acids is 1. The van der Waals surface area contributed by atoms with Gasteiger partial charge in [0.15, 0.2) is 11.5 Å². The van der Waals surface area contributed by atoms with Crippen LogP contribution < -0.4 is 14.8 Å². The number of amides is 1. The molecule has 0 bridgehead atoms. The number of carbonyl (C=O) groups is 2. The lowest BCUT2D eigenvalue weighted by molar-refractivity contribution is -0.137. The molecule has 2 aromatic carbocycles. The first-order valence-corrected chi connectivity index (χ1v) is 9.28. The molecule has 2 N–H and O–H groups in total. The molecule has 7 nitrogen and oxygen atoms in total. The molecule has 152 valence electrons. The Bertz CT molecular complexity index is 1010. The topological polar surface area (TPSA) is 89.8 Å². The molecule has 0 fully saturated rings. The number of hydrogen-bond donors (Lipinski definition) is 2. The molecule has 1 amide bonds. The minimum absolute atomic E-state index is 0.219. The molecule has 0 radical (unpaired) electrons. The summed E-state index contributed by atoms with van der Waals surface area (Å²) in [6.07, 6.45) is 1.96. The summed E-state index contributed by atoms with van der Waals surface area (Å²) in [7, 11) is 3.03. The number of aromatic nitrogens is 1. The van der Waals surface area contributed by atoms with E-state index < -0.39 is 12.0 Å². The number of nitrogens with one attached hydrogen (secondary N) is 1. The number of carboxylic acids is 1. The summed E-state index contributed by atoms with van der Waals surface area (Å²) in [5.74, 6) is -0.199. The molecule has 1 aromatic heterocycles. The zero-order valence-corrected chi connectivity index (χ0v) is 16.4. The third-order valence-electron chi connectivity index (χ3n) is 4.78. The molecule has 0 saturated carbocycles. The predicted molar refractivity (Wildman–Crippen MR) is 109 cm³/mol. The number of carboxylic acid groups (broad SMARTS) is 1. The molecule has 0 spiro atoms. The molecule has 1 atom stereocenters. The molecule has 29 heavy (non-hydrogen) atoms. The number of hydrogen-bond acceptors (Lipinski definition) is 4. The largest absolute Gasteiger partial charge is 0.493 e. The van der Waals surface area contributed by atoms with E-state index in [1.807, 2.05) is 41.1 Å². The summed E-state index contributed by atoms with van der Waals surface area (Å²) in [6, 6.07) is 14.4. The second-order valence-electron chi connectivity index (χ2n) is 6.65. The fourth-order valence-corrected chi connectivity index (χ4v) is 3.32. The van der Waals surface area contributed by atoms with Gasteiger partial charge < -0.3 is 24.5 Å². The van der Waals surface area contributed by atoms with Gasteiger partial charge in [-0.1, -0.05) is 24.3 Å². The number of aliphatic carboxylic acids is 1. The molecule has 0 aliphatic carbocycles. The highest BCUT2D eigenvalue weighted by Gasteiger charge is 2.20. The molecule has 3 rings (SSSR count). The molecule has 7 heteroatoms. The van der Waals surface area contributed by atoms with E-state index in [0.717, 1.165) is 10.9 Å². The van der Waals surface area contributed by atoms with Gasteiger partial charge in [0.05, 0.1) is 26.7 Å². The summed E-state index contributed by atoms with van der Waals surface area (Å²) in [6.45, 7) is 0.505. The summed E-state index contributed by atoms with van der Waals surface area (Å²) < 4.78 is 12.5. The number of para-hydroxylation sites is 1. The molecule has 1 unspecified atom stereocenters. The van der Waals surface area contributed by atoms with Gasteiger partial charge in [-0.3, -0.25) is 9.59 Å². The Kier molecular flexibility index (Phi) is 6.39. The average molecular weight is 396 g/mol. The fraction of sp³-hybridized carbons (Fsp3) is 0.273. The van der Waals surface area contributed by atoms with Gasteiger partial charge in [0.1, 0.15) is 0 Å². The van der Waals surface area contributed by atoms with Crippen LogP contribution in [0.3, 0.4) is 0 Å². The van der Waals surface area contributed by atoms with Crippen molar-refractivity contribution in [3.05, 3.63) is 60.3 Å². The lowest BCUT2D eigenvalue weighted by atomic mass is 10.0. The van der Waals surface area contributed by atoms with Gasteiger partial charge in [0.25, 0.3) is 0 Å². The molecule has 3 aromatic rings. The number of benzene rings is 2. The van der Waals surface area contributed by atoms with Crippen LogP contribution in [0.5, 0.6) is 11.5 Å². The van der Waals surface area contributed by atoms with Gasteiger partial charge in [-0.15, -0.1) is 0 Å². The standard InChI is InChI=1S/C22H24N2O5/c1-28-19-8-7-16(13-20(19)29-2)17(14-22(26)27)23-21(25)10-12-24-11-9-15-5-3-4-6-18(15)24/h3-9,11,13,17H,10,12,14H2,1-2H3,(H,23,25)(H,26,27). The second kappa shape index (κ2) is 9.14. The fourth-order valence-electron chi connectivity index (χ4n) is 3.32. The van der Waals surface area contributed by atoms with E-state index in [0.29, 0.717) is 23.6 Å². The van der Waals surface area contributed by atoms with Crippen molar-refractivity contribution in [1.82, 2.24) is 9.88 Å². The van der Waals surface area contributed by atoms with Crippen molar-refractivity contribution < 1.29 is 24.2 Å². The Labute approximate surface area is 168 Å². The summed E-state index contributed by atoms with van der Waals surface area (Å²) in [5, 5.41) is 13.2. The van der Waals surface area contributed by atoms with Crippen molar-refractivity contribution in [1.29, 1.82) is 0 Å². The maximum Gasteiger partial charge on any atom is 0.305 e. The lowest BCUT2D eigenvalue weighted by Gasteiger charge is -2.19. The minimum Gasteiger partial charge on any atom is -0.493 e. The van der Waals surface area contributed by atoms with Crippen molar-refractivity contribution in [3.63, 3.8) is 0 Å². The molecular formula is C22H24N2O5. The SMILES string of the molecule is COc1ccc(C(CC(=O)O)NC(=O)CCn2ccc3ccccc32)cc1OC. The van der Waals surface area contributed by atoms with E-state index in [2.05, 4.69) is 5.32 Å². The third-order valence-corrected chi connectivity index (χ3v) is 4.78. The van der Waals surface area contributed by atoms with Crippen LogP contribution in [-0.4, -0.2) is 35.8 Å². The zero-order valence-electron chi connectivity index (χ0n) is 16.4. The maximum atomic E-state index is 12.5. The highest BCUT2D eigenvalue weighted by atomic mass is 16.5. The molecular weight excluding hydrogens is 372 g/mol. The summed E-state index contributed by atoms with van der Waals surface area (Å²) in [5.41, 5.74) is 1.70. The predicted octanol–water partition coefficient (Wildman–Crippen LogP) is 3.38. The van der Waals surface area contributed by atoms with Gasteiger partial charge in [-0.25, -0.2) is 0 Å². The van der Waals surface area contributed by atoms with Crippen LogP contribution >= 0.6 is 0 Å². The van der Waals surface area contributed by atoms with Gasteiger partial charge >= 0.3 is 5.97 Å². The van der Waals surface area contributed by atoms with Crippen LogP contribution in [-0.2, 0) is 16.1 Å². The zero-order chi connectivity index (χ0) is 20.8. The average Bonchev–Trinajstić information content (AvgIpc) is 3.14. The van der Waals surface area contributed by atoms with Gasteiger partial charge in [0.2, 0.25) is 5.91 Å². The van der Waals surface area contributed by atoms with Crippen LogP contribution in [0.1, 0.15) is 24.4 Å². The normalized spacial score (nSPS) is 11.8. The van der Waals surface area contributed by atoms with Crippen molar-refractivity contribution in [3.8, 4) is 11.5 Å². The molecule has 0 aliphatic rings. The first-order chi connectivity index (χ1) is 14.0. The van der Waals surface area contributed by atoms with Crippen molar-refractivity contribution in [2.75, 3.05) is 14.2 Å². The van der Waals surface area contributed by atoms with Crippen LogP contribution in [0.2, 0.25) is 0 Å². The van der Waals surface area contributed by atoms with Crippen LogP contribution in [0, 0.1) is 0 Å². The first-order valence-electron chi connectivity index (χ1n) is 9.28. The smallest absolute Gasteiger partial charge is 0.305 e. The Morgan fingerprint density at radius 1 is 1.07 bits per heavy atom. The van der Waals surface area contributed by atoms with Crippen LogP contribution in [0.15, 0.2) is 54.7 Å². The van der Waals surface area contributed by atoms with Crippen molar-refractivity contribution in [2.45, 2.75) is 25.4 Å². The molecule has 0 aliphatic heterocycles. The van der Waals surface area contributed by atoms with E-state index in [4.69, 9.17) is 9.47 Å². The number of rotatable bonds is 9.